The molecule has 2 rings (SSSR count). The van der Waals surface area contributed by atoms with Crippen molar-refractivity contribution in [1.82, 2.24) is 4.90 Å². The van der Waals surface area contributed by atoms with Crippen molar-refractivity contribution in [3.8, 4) is 0 Å². The van der Waals surface area contributed by atoms with Crippen molar-refractivity contribution in [3.05, 3.63) is 11.6 Å². The predicted octanol–water partition coefficient (Wildman–Crippen LogP) is 1.56. The second-order valence-corrected chi connectivity index (χ2v) is 5.02. The predicted molar refractivity (Wildman–Crippen MR) is 64.4 cm³/mol. The summed E-state index contributed by atoms with van der Waals surface area (Å²) in [7, 11) is 0. The van der Waals surface area contributed by atoms with Gasteiger partial charge in [0, 0.05) is 25.1 Å². The first-order valence-corrected chi connectivity index (χ1v) is 6.34. The summed E-state index contributed by atoms with van der Waals surface area (Å²) in [6.07, 6.45) is 3.73. The molecule has 1 unspecified atom stereocenters. The number of allylic oxidation sites excluding steroid dienone is 1. The van der Waals surface area contributed by atoms with Crippen LogP contribution in [0.15, 0.2) is 11.6 Å². The molecule has 96 valence electrons. The molecule has 0 aromatic heterocycles. The zero-order valence-corrected chi connectivity index (χ0v) is 10.6. The van der Waals surface area contributed by atoms with Crippen LogP contribution >= 0.6 is 0 Å². The fourth-order valence-corrected chi connectivity index (χ4v) is 2.42. The van der Waals surface area contributed by atoms with Crippen molar-refractivity contribution in [2.45, 2.75) is 33.0 Å². The number of carbonyl (C=O) groups excluding carboxylic acids is 1. The van der Waals surface area contributed by atoms with Gasteiger partial charge in [-0.3, -0.25) is 4.79 Å². The van der Waals surface area contributed by atoms with Gasteiger partial charge in [0.2, 0.25) is 5.91 Å². The summed E-state index contributed by atoms with van der Waals surface area (Å²) in [4.78, 5) is 13.8. The monoisotopic (exact) mass is 239 g/mol. The molecule has 2 aliphatic heterocycles. The Balaban J connectivity index is 1.92. The van der Waals surface area contributed by atoms with E-state index in [1.165, 1.54) is 0 Å². The van der Waals surface area contributed by atoms with E-state index in [1.807, 2.05) is 18.7 Å². The van der Waals surface area contributed by atoms with Crippen LogP contribution in [-0.4, -0.2) is 43.4 Å². The lowest BCUT2D eigenvalue weighted by molar-refractivity contribution is -0.134. The van der Waals surface area contributed by atoms with Crippen LogP contribution in [0.4, 0.5) is 0 Å². The van der Waals surface area contributed by atoms with E-state index in [1.54, 1.807) is 6.08 Å². The maximum Gasteiger partial charge on any atom is 0.246 e. The van der Waals surface area contributed by atoms with Gasteiger partial charge in [-0.05, 0) is 26.7 Å². The molecule has 2 aliphatic rings. The zero-order valence-electron chi connectivity index (χ0n) is 10.6. The summed E-state index contributed by atoms with van der Waals surface area (Å²) in [5, 5.41) is 0. The minimum atomic E-state index is -0.0997. The van der Waals surface area contributed by atoms with Crippen molar-refractivity contribution in [3.63, 3.8) is 0 Å². The Morgan fingerprint density at radius 2 is 2.00 bits per heavy atom. The first-order valence-electron chi connectivity index (χ1n) is 6.34. The van der Waals surface area contributed by atoms with E-state index in [0.717, 1.165) is 31.5 Å². The summed E-state index contributed by atoms with van der Waals surface area (Å²) in [5.41, 5.74) is 1.05. The van der Waals surface area contributed by atoms with Crippen LogP contribution in [0, 0.1) is 5.92 Å². The second kappa shape index (κ2) is 5.65. The van der Waals surface area contributed by atoms with Crippen LogP contribution in [0.1, 0.15) is 26.7 Å². The molecule has 0 bridgehead atoms. The van der Waals surface area contributed by atoms with Crippen molar-refractivity contribution < 1.29 is 14.3 Å². The van der Waals surface area contributed by atoms with Crippen molar-refractivity contribution in [1.29, 1.82) is 0 Å². The number of ether oxygens (including phenoxy) is 2. The standard InChI is InChI=1S/C13H21NO3/c1-10(2)8-12(15)14-5-3-4-11(9-14)13-16-6-7-17-13/h8,11,13H,3-7,9H2,1-2H3. The van der Waals surface area contributed by atoms with E-state index in [4.69, 9.17) is 9.47 Å². The normalized spacial score (nSPS) is 26.0. The van der Waals surface area contributed by atoms with Gasteiger partial charge in [0.1, 0.15) is 0 Å². The van der Waals surface area contributed by atoms with Gasteiger partial charge >= 0.3 is 0 Å². The van der Waals surface area contributed by atoms with Crippen molar-refractivity contribution in [2.24, 2.45) is 5.92 Å². The van der Waals surface area contributed by atoms with Crippen LogP contribution < -0.4 is 0 Å². The van der Waals surface area contributed by atoms with Crippen LogP contribution in [0.5, 0.6) is 0 Å². The maximum absolute atomic E-state index is 11.9. The molecular weight excluding hydrogens is 218 g/mol. The minimum Gasteiger partial charge on any atom is -0.350 e. The molecule has 2 fully saturated rings. The molecule has 0 radical (unpaired) electrons. The lowest BCUT2D eigenvalue weighted by Crippen LogP contribution is -2.43. The fourth-order valence-electron chi connectivity index (χ4n) is 2.42. The number of nitrogens with zero attached hydrogens (tertiary/aromatic N) is 1. The zero-order chi connectivity index (χ0) is 12.3. The molecule has 0 aromatic rings. The Kier molecular flexibility index (Phi) is 4.18. The average Bonchev–Trinajstić information content (AvgIpc) is 2.82. The fraction of sp³-hybridized carbons (Fsp3) is 0.769. The third-order valence-corrected chi connectivity index (χ3v) is 3.21. The molecule has 4 heteroatoms. The number of hydrogen-bond donors (Lipinski definition) is 0. The van der Waals surface area contributed by atoms with E-state index in [9.17, 15) is 4.79 Å². The average molecular weight is 239 g/mol. The third kappa shape index (κ3) is 3.30. The van der Waals surface area contributed by atoms with Crippen LogP contribution in [0.2, 0.25) is 0 Å². The van der Waals surface area contributed by atoms with Crippen LogP contribution in [-0.2, 0) is 14.3 Å². The Labute approximate surface area is 103 Å². The van der Waals surface area contributed by atoms with Gasteiger partial charge in [-0.2, -0.15) is 0 Å². The van der Waals surface area contributed by atoms with E-state index < -0.39 is 0 Å². The first-order chi connectivity index (χ1) is 8.16. The minimum absolute atomic E-state index is 0.0997. The maximum atomic E-state index is 11.9. The lowest BCUT2D eigenvalue weighted by Gasteiger charge is -2.34. The smallest absolute Gasteiger partial charge is 0.246 e. The summed E-state index contributed by atoms with van der Waals surface area (Å²) in [6, 6.07) is 0. The molecule has 2 saturated heterocycles. The van der Waals surface area contributed by atoms with Gasteiger partial charge in [0.15, 0.2) is 6.29 Å². The molecule has 0 aromatic carbocycles. The Morgan fingerprint density at radius 1 is 1.29 bits per heavy atom. The van der Waals surface area contributed by atoms with Gasteiger partial charge in [-0.1, -0.05) is 5.57 Å². The van der Waals surface area contributed by atoms with Crippen LogP contribution in [0.25, 0.3) is 0 Å². The van der Waals surface area contributed by atoms with E-state index in [2.05, 4.69) is 0 Å². The molecule has 17 heavy (non-hydrogen) atoms. The van der Waals surface area contributed by atoms with Crippen molar-refractivity contribution >= 4 is 5.91 Å². The number of likely N-dealkylation sites (tertiary alicyclic amines) is 1. The van der Waals surface area contributed by atoms with E-state index in [0.29, 0.717) is 19.1 Å². The van der Waals surface area contributed by atoms with Gasteiger partial charge in [0.25, 0.3) is 0 Å². The molecule has 0 saturated carbocycles. The quantitative estimate of drug-likeness (QED) is 0.686. The Bertz CT molecular complexity index is 304. The Morgan fingerprint density at radius 3 is 2.65 bits per heavy atom. The molecule has 0 spiro atoms. The van der Waals surface area contributed by atoms with Crippen molar-refractivity contribution in [2.75, 3.05) is 26.3 Å². The second-order valence-electron chi connectivity index (χ2n) is 5.02. The van der Waals surface area contributed by atoms with Gasteiger partial charge < -0.3 is 14.4 Å². The third-order valence-electron chi connectivity index (χ3n) is 3.21. The number of amides is 1. The number of piperidine rings is 1. The summed E-state index contributed by atoms with van der Waals surface area (Å²) < 4.78 is 11.1. The van der Waals surface area contributed by atoms with E-state index >= 15 is 0 Å². The summed E-state index contributed by atoms with van der Waals surface area (Å²) in [5.74, 6) is 0.452. The largest absolute Gasteiger partial charge is 0.350 e. The lowest BCUT2D eigenvalue weighted by atomic mass is 9.97. The highest BCUT2D eigenvalue weighted by molar-refractivity contribution is 5.88. The highest BCUT2D eigenvalue weighted by atomic mass is 16.7. The SMILES string of the molecule is CC(C)=CC(=O)N1CCCC(C2OCCO2)C1. The number of hydrogen-bond acceptors (Lipinski definition) is 3. The molecule has 2 heterocycles. The highest BCUT2D eigenvalue weighted by Gasteiger charge is 2.32. The first kappa shape index (κ1) is 12.6. The highest BCUT2D eigenvalue weighted by Crippen LogP contribution is 2.25. The summed E-state index contributed by atoms with van der Waals surface area (Å²) in [6.45, 7) is 6.87. The molecule has 1 amide bonds. The summed E-state index contributed by atoms with van der Waals surface area (Å²) >= 11 is 0. The molecule has 0 N–H and O–H groups in total. The Hall–Kier alpha value is -0.870. The van der Waals surface area contributed by atoms with Crippen LogP contribution in [0.3, 0.4) is 0 Å². The molecule has 4 nitrogen and oxygen atoms in total. The molecular formula is C13H21NO3. The number of carbonyl (C=O) groups is 1. The van der Waals surface area contributed by atoms with Gasteiger partial charge in [-0.15, -0.1) is 0 Å². The van der Waals surface area contributed by atoms with E-state index in [-0.39, 0.29) is 12.2 Å². The molecule has 1 atom stereocenters. The topological polar surface area (TPSA) is 38.8 Å². The molecule has 0 aliphatic carbocycles. The van der Waals surface area contributed by atoms with Gasteiger partial charge in [-0.25, -0.2) is 0 Å². The number of rotatable bonds is 2. The van der Waals surface area contributed by atoms with Gasteiger partial charge in [0.05, 0.1) is 13.2 Å².